The van der Waals surface area contributed by atoms with Crippen molar-refractivity contribution in [2.75, 3.05) is 16.8 Å². The summed E-state index contributed by atoms with van der Waals surface area (Å²) in [7, 11) is 0. The monoisotopic (exact) mass is 370 g/mol. The highest BCUT2D eigenvalue weighted by Crippen LogP contribution is 2.26. The maximum absolute atomic E-state index is 13.9. The summed E-state index contributed by atoms with van der Waals surface area (Å²) in [5.74, 6) is -2.88. The number of nitrogens with one attached hydrogen (secondary N) is 1. The predicted molar refractivity (Wildman–Crippen MR) is 98.0 cm³/mol. The summed E-state index contributed by atoms with van der Waals surface area (Å²) < 4.78 is 13.9. The molecule has 6 nitrogen and oxygen atoms in total. The molecule has 27 heavy (non-hydrogen) atoms. The number of halogens is 1. The molecule has 1 atom stereocenters. The maximum atomic E-state index is 13.9. The van der Waals surface area contributed by atoms with Crippen LogP contribution in [0.2, 0.25) is 0 Å². The highest BCUT2D eigenvalue weighted by Gasteiger charge is 2.35. The Labute approximate surface area is 155 Å². The smallest absolute Gasteiger partial charge is 0.307 e. The van der Waals surface area contributed by atoms with Gasteiger partial charge in [-0.2, -0.15) is 0 Å². The summed E-state index contributed by atoms with van der Waals surface area (Å²) in [5, 5.41) is 11.3. The molecule has 0 spiro atoms. The molecule has 0 saturated carbocycles. The van der Waals surface area contributed by atoms with Crippen LogP contribution >= 0.6 is 0 Å². The summed E-state index contributed by atoms with van der Waals surface area (Å²) in [6, 6.07) is 11.3. The fourth-order valence-corrected chi connectivity index (χ4v) is 3.03. The van der Waals surface area contributed by atoms with Crippen molar-refractivity contribution in [1.29, 1.82) is 0 Å². The van der Waals surface area contributed by atoms with Crippen LogP contribution in [0.5, 0.6) is 0 Å². The van der Waals surface area contributed by atoms with Crippen molar-refractivity contribution in [2.24, 2.45) is 5.92 Å². The zero-order valence-corrected chi connectivity index (χ0v) is 14.7. The first-order valence-electron chi connectivity index (χ1n) is 8.51. The van der Waals surface area contributed by atoms with Gasteiger partial charge in [-0.05, 0) is 36.8 Å². The number of amides is 2. The van der Waals surface area contributed by atoms with E-state index in [4.69, 9.17) is 5.11 Å². The van der Waals surface area contributed by atoms with E-state index in [0.717, 1.165) is 17.3 Å². The van der Waals surface area contributed by atoms with Crippen LogP contribution in [0.4, 0.5) is 15.8 Å². The highest BCUT2D eigenvalue weighted by atomic mass is 19.1. The number of aliphatic carboxylic acids is 1. The van der Waals surface area contributed by atoms with Crippen molar-refractivity contribution in [3.63, 3.8) is 0 Å². The van der Waals surface area contributed by atoms with E-state index in [1.54, 1.807) is 4.90 Å². The van der Waals surface area contributed by atoms with Gasteiger partial charge in [0, 0.05) is 24.3 Å². The number of carbonyl (C=O) groups is 3. The zero-order valence-electron chi connectivity index (χ0n) is 14.7. The van der Waals surface area contributed by atoms with Crippen LogP contribution in [0.25, 0.3) is 0 Å². The molecule has 3 rings (SSSR count). The number of carbonyl (C=O) groups excluding carboxylic acids is 2. The van der Waals surface area contributed by atoms with E-state index in [2.05, 4.69) is 5.32 Å². The van der Waals surface area contributed by atoms with Gasteiger partial charge in [0.2, 0.25) is 11.8 Å². The second kappa shape index (κ2) is 7.57. The molecular formula is C20H19FN2O4. The molecule has 0 aliphatic carbocycles. The fraction of sp³-hybridized carbons (Fsp3) is 0.250. The molecule has 1 unspecified atom stereocenters. The number of carboxylic acids is 1. The quantitative estimate of drug-likeness (QED) is 0.847. The van der Waals surface area contributed by atoms with Crippen LogP contribution in [0.3, 0.4) is 0 Å². The molecule has 1 aliphatic rings. The lowest BCUT2D eigenvalue weighted by molar-refractivity contribution is -0.136. The number of aryl methyl sites for hydroxylation is 1. The van der Waals surface area contributed by atoms with E-state index >= 15 is 0 Å². The topological polar surface area (TPSA) is 86.7 Å². The van der Waals surface area contributed by atoms with Gasteiger partial charge in [0.15, 0.2) is 0 Å². The standard InChI is InChI=1S/C20H19FN2O4/c1-12-2-6-16(7-3-12)23-11-14(8-18(23)24)20(27)22-15-5-4-13(9-19(25)26)17(21)10-15/h2-7,10,14H,8-9,11H2,1H3,(H,22,27)(H,25,26). The molecule has 1 fully saturated rings. The number of rotatable bonds is 5. The van der Waals surface area contributed by atoms with E-state index in [9.17, 15) is 18.8 Å². The summed E-state index contributed by atoms with van der Waals surface area (Å²) in [6.07, 6.45) is -0.345. The molecule has 7 heteroatoms. The minimum Gasteiger partial charge on any atom is -0.481 e. The Kier molecular flexibility index (Phi) is 5.21. The van der Waals surface area contributed by atoms with Crippen LogP contribution < -0.4 is 10.2 Å². The Hall–Kier alpha value is -3.22. The molecule has 2 amide bonds. The van der Waals surface area contributed by atoms with E-state index < -0.39 is 24.1 Å². The Morgan fingerprint density at radius 2 is 1.93 bits per heavy atom. The van der Waals surface area contributed by atoms with Crippen molar-refractivity contribution in [1.82, 2.24) is 0 Å². The van der Waals surface area contributed by atoms with Gasteiger partial charge in [-0.15, -0.1) is 0 Å². The summed E-state index contributed by atoms with van der Waals surface area (Å²) in [6.45, 7) is 2.21. The number of carboxylic acid groups (broad SMARTS) is 1. The lowest BCUT2D eigenvalue weighted by atomic mass is 10.1. The second-order valence-corrected chi connectivity index (χ2v) is 6.61. The Balaban J connectivity index is 1.66. The molecule has 2 N–H and O–H groups in total. The van der Waals surface area contributed by atoms with E-state index in [1.165, 1.54) is 12.1 Å². The third-order valence-electron chi connectivity index (χ3n) is 4.50. The van der Waals surface area contributed by atoms with Gasteiger partial charge in [-0.25, -0.2) is 4.39 Å². The SMILES string of the molecule is Cc1ccc(N2CC(C(=O)Nc3ccc(CC(=O)O)c(F)c3)CC2=O)cc1. The van der Waals surface area contributed by atoms with Gasteiger partial charge in [-0.3, -0.25) is 14.4 Å². The summed E-state index contributed by atoms with van der Waals surface area (Å²) in [5.41, 5.74) is 2.09. The van der Waals surface area contributed by atoms with Crippen molar-refractivity contribution in [3.05, 3.63) is 59.4 Å². The first-order chi connectivity index (χ1) is 12.8. The van der Waals surface area contributed by atoms with Gasteiger partial charge < -0.3 is 15.3 Å². The third kappa shape index (κ3) is 4.31. The van der Waals surface area contributed by atoms with Crippen LogP contribution in [0.1, 0.15) is 17.5 Å². The van der Waals surface area contributed by atoms with Gasteiger partial charge in [0.1, 0.15) is 5.82 Å². The molecule has 1 heterocycles. The van der Waals surface area contributed by atoms with E-state index in [0.29, 0.717) is 0 Å². The Morgan fingerprint density at radius 3 is 2.56 bits per heavy atom. The Bertz CT molecular complexity index is 895. The maximum Gasteiger partial charge on any atom is 0.307 e. The van der Waals surface area contributed by atoms with Gasteiger partial charge in [-0.1, -0.05) is 23.8 Å². The van der Waals surface area contributed by atoms with Crippen molar-refractivity contribution in [3.8, 4) is 0 Å². The number of nitrogens with zero attached hydrogens (tertiary/aromatic N) is 1. The minimum absolute atomic E-state index is 0.0436. The van der Waals surface area contributed by atoms with Crippen molar-refractivity contribution in [2.45, 2.75) is 19.8 Å². The highest BCUT2D eigenvalue weighted by molar-refractivity contribution is 6.03. The fourth-order valence-electron chi connectivity index (χ4n) is 3.03. The number of hydrogen-bond acceptors (Lipinski definition) is 3. The number of anilines is 2. The third-order valence-corrected chi connectivity index (χ3v) is 4.50. The normalized spacial score (nSPS) is 16.4. The van der Waals surface area contributed by atoms with Crippen LogP contribution in [-0.2, 0) is 20.8 Å². The number of benzene rings is 2. The average Bonchev–Trinajstić information content (AvgIpc) is 3.00. The summed E-state index contributed by atoms with van der Waals surface area (Å²) >= 11 is 0. The number of hydrogen-bond donors (Lipinski definition) is 2. The lowest BCUT2D eigenvalue weighted by Crippen LogP contribution is -2.28. The molecular weight excluding hydrogens is 351 g/mol. The molecule has 2 aromatic carbocycles. The predicted octanol–water partition coefficient (Wildman–Crippen LogP) is 2.75. The molecule has 0 radical (unpaired) electrons. The van der Waals surface area contributed by atoms with Gasteiger partial charge in [0.05, 0.1) is 12.3 Å². The molecule has 0 bridgehead atoms. The average molecular weight is 370 g/mol. The van der Waals surface area contributed by atoms with Crippen molar-refractivity contribution < 1.29 is 23.9 Å². The molecule has 2 aromatic rings. The van der Waals surface area contributed by atoms with Gasteiger partial charge >= 0.3 is 5.97 Å². The van der Waals surface area contributed by atoms with E-state index in [-0.39, 0.29) is 36.0 Å². The van der Waals surface area contributed by atoms with E-state index in [1.807, 2.05) is 31.2 Å². The Morgan fingerprint density at radius 1 is 1.22 bits per heavy atom. The first kappa shape index (κ1) is 18.6. The van der Waals surface area contributed by atoms with Gasteiger partial charge in [0.25, 0.3) is 0 Å². The van der Waals surface area contributed by atoms with Crippen LogP contribution in [0.15, 0.2) is 42.5 Å². The van der Waals surface area contributed by atoms with Crippen molar-refractivity contribution >= 4 is 29.2 Å². The first-order valence-corrected chi connectivity index (χ1v) is 8.51. The second-order valence-electron chi connectivity index (χ2n) is 6.61. The largest absolute Gasteiger partial charge is 0.481 e. The lowest BCUT2D eigenvalue weighted by Gasteiger charge is -2.17. The molecule has 1 aliphatic heterocycles. The minimum atomic E-state index is -1.13. The zero-order chi connectivity index (χ0) is 19.6. The summed E-state index contributed by atoms with van der Waals surface area (Å²) in [4.78, 5) is 37.0. The molecule has 0 aromatic heterocycles. The molecule has 140 valence electrons. The van der Waals surface area contributed by atoms with Crippen LogP contribution in [-0.4, -0.2) is 29.4 Å². The molecule has 1 saturated heterocycles. The van der Waals surface area contributed by atoms with Crippen LogP contribution in [0, 0.1) is 18.7 Å².